The van der Waals surface area contributed by atoms with E-state index in [1.807, 2.05) is 0 Å². The van der Waals surface area contributed by atoms with Crippen LogP contribution in [0.15, 0.2) is 0 Å². The zero-order valence-corrected chi connectivity index (χ0v) is 66.2. The van der Waals surface area contributed by atoms with Gasteiger partial charge in [-0.3, -0.25) is 19.2 Å². The number of unbranched alkanes of at least 4 members (excludes halogenated alkanes) is 30. The predicted octanol–water partition coefficient (Wildman–Crippen LogP) is 22.7. The molecule has 0 aromatic carbocycles. The average molecular weight is 1360 g/mol. The largest absolute Gasteiger partial charge is 0.465 e. The first kappa shape index (κ1) is 93.7. The van der Waals surface area contributed by atoms with E-state index < -0.39 is 0 Å². The van der Waals surface area contributed by atoms with Gasteiger partial charge in [0.25, 0.3) is 0 Å². The first-order valence-electron chi connectivity index (χ1n) is 42.2. The van der Waals surface area contributed by atoms with E-state index in [1.54, 1.807) is 0 Å². The Morgan fingerprint density at radius 3 is 0.948 bits per heavy atom. The minimum absolute atomic E-state index is 0.00164. The van der Waals surface area contributed by atoms with Gasteiger partial charge in [0.2, 0.25) is 0 Å². The van der Waals surface area contributed by atoms with Gasteiger partial charge in [-0.15, -0.1) is 0 Å². The monoisotopic (exact) mass is 1360 g/mol. The van der Waals surface area contributed by atoms with E-state index in [0.29, 0.717) is 56.7 Å². The molecule has 0 radical (unpaired) electrons. The normalized spacial score (nSPS) is 13.4. The number of rotatable bonds is 76. The summed E-state index contributed by atoms with van der Waals surface area (Å²) in [4.78, 5) is 61.1. The molecule has 0 saturated carbocycles. The van der Waals surface area contributed by atoms with E-state index in [4.69, 9.17) is 18.9 Å². The second-order valence-electron chi connectivity index (χ2n) is 30.5. The summed E-state index contributed by atoms with van der Waals surface area (Å²) in [7, 11) is 8.71. The summed E-state index contributed by atoms with van der Waals surface area (Å²) >= 11 is 0. The summed E-state index contributed by atoms with van der Waals surface area (Å²) in [5.74, 6) is 1.42. The van der Waals surface area contributed by atoms with Gasteiger partial charge in [0.05, 0.1) is 13.2 Å². The first-order valence-corrected chi connectivity index (χ1v) is 42.2. The van der Waals surface area contributed by atoms with Crippen molar-refractivity contribution >= 4 is 23.9 Å². The Morgan fingerprint density at radius 2 is 0.573 bits per heavy atom. The third-order valence-corrected chi connectivity index (χ3v) is 20.4. The highest BCUT2D eigenvalue weighted by molar-refractivity contribution is 5.70. The van der Waals surface area contributed by atoms with Crippen LogP contribution >= 0.6 is 0 Å². The minimum Gasteiger partial charge on any atom is -0.465 e. The standard InChI is InChI=1S/C84H166N4O8/c1-12-19-44-58-79(56-22-15-4)95-83(91)61-47-38-30-26-34-42-51-67-88(72-70-86(10)11)68-52-43-35-27-31-39-48-62-84(92)96-80(57-23-16-5)73-77(53-17-6)63-64-78(55-21-14-3)75-94-82(90)60-46-37-29-25-33-41-50-66-87(71-69-85(8)9)65-49-40-32-24-28-36-45-59-81(89)93-74-76(18-7)54-20-13-2/h76-80H,12-75H2,1-11H3. The van der Waals surface area contributed by atoms with Gasteiger partial charge in [0.15, 0.2) is 0 Å². The molecule has 0 bridgehead atoms. The average Bonchev–Trinajstić information content (AvgIpc) is 2.35. The first-order chi connectivity index (χ1) is 46.7. The van der Waals surface area contributed by atoms with Gasteiger partial charge >= 0.3 is 23.9 Å². The predicted molar refractivity (Wildman–Crippen MR) is 411 cm³/mol. The third kappa shape index (κ3) is 63.9. The molecular formula is C84H166N4O8. The van der Waals surface area contributed by atoms with Gasteiger partial charge in [0.1, 0.15) is 12.2 Å². The van der Waals surface area contributed by atoms with Crippen LogP contribution in [0.5, 0.6) is 0 Å². The Hall–Kier alpha value is -2.28. The molecule has 5 atom stereocenters. The zero-order chi connectivity index (χ0) is 70.6. The summed E-state index contributed by atoms with van der Waals surface area (Å²) in [5.41, 5.74) is 0. The summed E-state index contributed by atoms with van der Waals surface area (Å²) in [5, 5.41) is 0. The third-order valence-electron chi connectivity index (χ3n) is 20.4. The van der Waals surface area contributed by atoms with E-state index in [-0.39, 0.29) is 36.1 Å². The maximum absolute atomic E-state index is 13.3. The van der Waals surface area contributed by atoms with Crippen LogP contribution in [-0.4, -0.2) is 149 Å². The lowest BCUT2D eigenvalue weighted by molar-refractivity contribution is -0.151. The lowest BCUT2D eigenvalue weighted by Crippen LogP contribution is -2.33. The minimum atomic E-state index is -0.0236. The topological polar surface area (TPSA) is 118 Å². The Morgan fingerprint density at radius 1 is 0.260 bits per heavy atom. The summed E-state index contributed by atoms with van der Waals surface area (Å²) in [6.45, 7) is 26.0. The van der Waals surface area contributed by atoms with E-state index in [1.165, 1.54) is 187 Å². The fraction of sp³-hybridized carbons (Fsp3) is 0.952. The molecule has 0 heterocycles. The van der Waals surface area contributed by atoms with Crippen LogP contribution in [0, 0.1) is 17.8 Å². The van der Waals surface area contributed by atoms with Gasteiger partial charge < -0.3 is 38.5 Å². The van der Waals surface area contributed by atoms with Gasteiger partial charge in [-0.25, -0.2) is 0 Å². The molecule has 0 saturated heterocycles. The SMILES string of the molecule is CCCCCC(CCCC)OC(=O)CCCCCCCCCN(CCCCCCCCCC(=O)OC(CCCC)CC(CCC)CCC(CCCC)COC(=O)CCCCCCCCCN(CCCCCCCCCC(=O)OCC(CC)CCCC)CCN(C)C)CCN(C)C. The second-order valence-corrected chi connectivity index (χ2v) is 30.5. The summed E-state index contributed by atoms with van der Waals surface area (Å²) in [6.07, 6.45) is 60.3. The molecular weight excluding hydrogens is 1190 g/mol. The van der Waals surface area contributed by atoms with Gasteiger partial charge in [-0.1, -0.05) is 260 Å². The van der Waals surface area contributed by atoms with Crippen molar-refractivity contribution in [2.24, 2.45) is 17.8 Å². The van der Waals surface area contributed by atoms with Crippen LogP contribution in [0.2, 0.25) is 0 Å². The number of nitrogens with zero attached hydrogens (tertiary/aromatic N) is 4. The van der Waals surface area contributed by atoms with Crippen molar-refractivity contribution < 1.29 is 38.1 Å². The number of esters is 4. The van der Waals surface area contributed by atoms with E-state index in [0.717, 1.165) is 187 Å². The molecule has 12 nitrogen and oxygen atoms in total. The fourth-order valence-corrected chi connectivity index (χ4v) is 13.7. The van der Waals surface area contributed by atoms with Gasteiger partial charge in [-0.2, -0.15) is 0 Å². The molecule has 12 heteroatoms. The van der Waals surface area contributed by atoms with E-state index >= 15 is 0 Å². The highest BCUT2D eigenvalue weighted by atomic mass is 16.6. The quantitative estimate of drug-likeness (QED) is 0.0328. The summed E-state index contributed by atoms with van der Waals surface area (Å²) in [6, 6.07) is 0. The molecule has 0 amide bonds. The Kier molecular flexibility index (Phi) is 69.4. The Labute approximate surface area is 597 Å². The molecule has 0 aliphatic rings. The molecule has 5 unspecified atom stereocenters. The molecule has 0 rings (SSSR count). The lowest BCUT2D eigenvalue weighted by atomic mass is 9.86. The number of carbonyl (C=O) groups is 4. The van der Waals surface area contributed by atoms with Crippen LogP contribution in [0.3, 0.4) is 0 Å². The van der Waals surface area contributed by atoms with Gasteiger partial charge in [-0.05, 0) is 181 Å². The molecule has 0 N–H and O–H groups in total. The van der Waals surface area contributed by atoms with Gasteiger partial charge in [0, 0.05) is 51.9 Å². The highest BCUT2D eigenvalue weighted by Gasteiger charge is 2.23. The second kappa shape index (κ2) is 71.1. The van der Waals surface area contributed by atoms with Crippen LogP contribution in [0.4, 0.5) is 0 Å². The van der Waals surface area contributed by atoms with Crippen molar-refractivity contribution in [2.45, 2.75) is 407 Å². The van der Waals surface area contributed by atoms with Crippen molar-refractivity contribution in [3.05, 3.63) is 0 Å². The Bertz CT molecular complexity index is 1680. The molecule has 0 aliphatic heterocycles. The van der Waals surface area contributed by atoms with Crippen molar-refractivity contribution in [3.8, 4) is 0 Å². The molecule has 0 spiro atoms. The van der Waals surface area contributed by atoms with Crippen molar-refractivity contribution in [1.82, 2.24) is 19.6 Å². The number of hydrogen-bond donors (Lipinski definition) is 0. The van der Waals surface area contributed by atoms with Crippen LogP contribution in [0.25, 0.3) is 0 Å². The number of ether oxygens (including phenoxy) is 4. The number of likely N-dealkylation sites (N-methyl/N-ethyl adjacent to an activating group) is 2. The van der Waals surface area contributed by atoms with E-state index in [2.05, 4.69) is 96.3 Å². The Balaban J connectivity index is 4.52. The van der Waals surface area contributed by atoms with Crippen molar-refractivity contribution in [3.63, 3.8) is 0 Å². The zero-order valence-electron chi connectivity index (χ0n) is 66.2. The molecule has 0 aromatic heterocycles. The molecule has 570 valence electrons. The molecule has 0 fully saturated rings. The van der Waals surface area contributed by atoms with Crippen LogP contribution < -0.4 is 0 Å². The van der Waals surface area contributed by atoms with Crippen molar-refractivity contribution in [2.75, 3.05) is 93.8 Å². The number of hydrogen-bond acceptors (Lipinski definition) is 12. The highest BCUT2D eigenvalue weighted by Crippen LogP contribution is 2.29. The summed E-state index contributed by atoms with van der Waals surface area (Å²) < 4.78 is 23.8. The molecule has 0 aliphatic carbocycles. The maximum atomic E-state index is 13.3. The van der Waals surface area contributed by atoms with E-state index in [9.17, 15) is 19.2 Å². The number of carbonyl (C=O) groups excluding carboxylic acids is 4. The molecule has 0 aromatic rings. The molecule has 96 heavy (non-hydrogen) atoms. The van der Waals surface area contributed by atoms with Crippen LogP contribution in [-0.2, 0) is 38.1 Å². The maximum Gasteiger partial charge on any atom is 0.306 e. The smallest absolute Gasteiger partial charge is 0.306 e. The lowest BCUT2D eigenvalue weighted by Gasteiger charge is -2.25. The van der Waals surface area contributed by atoms with Crippen molar-refractivity contribution in [1.29, 1.82) is 0 Å². The fourth-order valence-electron chi connectivity index (χ4n) is 13.7. The van der Waals surface area contributed by atoms with Crippen LogP contribution in [0.1, 0.15) is 395 Å².